The second kappa shape index (κ2) is 9.34. The molecule has 3 atom stereocenters. The normalized spacial score (nSPS) is 22.0. The van der Waals surface area contributed by atoms with Crippen LogP contribution < -0.4 is 0 Å². The minimum absolute atomic E-state index is 0.0545. The van der Waals surface area contributed by atoms with Crippen LogP contribution in [0.1, 0.15) is 31.7 Å². The molecule has 36 heavy (non-hydrogen) atoms. The van der Waals surface area contributed by atoms with Crippen LogP contribution in [0.2, 0.25) is 0 Å². The summed E-state index contributed by atoms with van der Waals surface area (Å²) in [5.41, 5.74) is -0.0907. The third-order valence-corrected chi connectivity index (χ3v) is 9.11. The molecule has 2 aliphatic rings. The third kappa shape index (κ3) is 3.98. The number of aliphatic hydroxyl groups excluding tert-OH is 1. The van der Waals surface area contributed by atoms with Gasteiger partial charge in [-0.15, -0.1) is 23.1 Å². The predicted octanol–water partition coefficient (Wildman–Crippen LogP) is 3.54. The Morgan fingerprint density at radius 2 is 2.17 bits per heavy atom. The topological polar surface area (TPSA) is 127 Å². The zero-order chi connectivity index (χ0) is 25.6. The summed E-state index contributed by atoms with van der Waals surface area (Å²) in [6, 6.07) is 5.43. The summed E-state index contributed by atoms with van der Waals surface area (Å²) in [5, 5.41) is 23.6. The largest absolute Gasteiger partial charge is 0.456 e. The number of nitrogens with zero attached hydrogens (tertiary/aromatic N) is 4. The highest BCUT2D eigenvalue weighted by molar-refractivity contribution is 8.03. The van der Waals surface area contributed by atoms with E-state index in [1.165, 1.54) is 40.9 Å². The number of imidazole rings is 1. The van der Waals surface area contributed by atoms with Gasteiger partial charge in [-0.05, 0) is 24.6 Å². The maximum Gasteiger partial charge on any atom is 0.356 e. The van der Waals surface area contributed by atoms with Crippen molar-refractivity contribution in [3.8, 4) is 0 Å². The maximum absolute atomic E-state index is 13.3. The van der Waals surface area contributed by atoms with E-state index in [0.29, 0.717) is 22.6 Å². The zero-order valence-electron chi connectivity index (χ0n) is 19.6. The second-order valence-electron chi connectivity index (χ2n) is 9.00. The Kier molecular flexibility index (Phi) is 6.35. The van der Waals surface area contributed by atoms with Crippen LogP contribution in [-0.2, 0) is 27.4 Å². The van der Waals surface area contributed by atoms with E-state index in [9.17, 15) is 24.8 Å². The number of fused-ring (bicyclic) bond motifs is 2. The number of nitro groups is 1. The van der Waals surface area contributed by atoms with Gasteiger partial charge in [-0.2, -0.15) is 0 Å². The van der Waals surface area contributed by atoms with Gasteiger partial charge in [0.2, 0.25) is 5.91 Å². The number of aryl methyl sites for hydroxylation is 1. The summed E-state index contributed by atoms with van der Waals surface area (Å²) < 4.78 is 7.57. The van der Waals surface area contributed by atoms with Gasteiger partial charge in [-0.25, -0.2) is 9.78 Å². The lowest BCUT2D eigenvalue weighted by molar-refractivity contribution is -0.384. The molecule has 1 fully saturated rings. The first-order valence-electron chi connectivity index (χ1n) is 11.4. The number of non-ortho nitro benzene ring substituents is 1. The van der Waals surface area contributed by atoms with Crippen molar-refractivity contribution in [2.24, 2.45) is 5.41 Å². The molecule has 0 bridgehead atoms. The zero-order valence-corrected chi connectivity index (χ0v) is 21.3. The van der Waals surface area contributed by atoms with E-state index in [-0.39, 0.29) is 36.4 Å². The molecule has 0 spiro atoms. The molecule has 3 aromatic rings. The first kappa shape index (κ1) is 24.5. The van der Waals surface area contributed by atoms with Crippen LogP contribution in [0.15, 0.2) is 52.6 Å². The number of esters is 1. The number of carbonyl (C=O) groups excluding carboxylic acids is 2. The van der Waals surface area contributed by atoms with E-state index in [4.69, 9.17) is 4.74 Å². The highest BCUT2D eigenvalue weighted by Gasteiger charge is 2.61. The summed E-state index contributed by atoms with van der Waals surface area (Å²) in [7, 11) is 0. The number of benzene rings is 1. The predicted molar refractivity (Wildman–Crippen MR) is 134 cm³/mol. The molecule has 0 radical (unpaired) electrons. The van der Waals surface area contributed by atoms with Crippen LogP contribution in [0.5, 0.6) is 0 Å². The highest BCUT2D eigenvalue weighted by Crippen LogP contribution is 2.56. The molecule has 12 heteroatoms. The van der Waals surface area contributed by atoms with E-state index >= 15 is 0 Å². The standard InChI is InChI=1S/C24H24N4O6S2/c1-14(29)24(2)17-11-19(30)27(17)21(23(31)34-13-15-3-5-16(6-4-15)28(32)33)22(24)36-9-7-18-25-12-20-26(18)8-10-35-20/h3-6,8,10,12,14,17,29H,7,9,11,13H2,1-2H3/t14-,17+,24+/m1/s1. The van der Waals surface area contributed by atoms with Crippen LogP contribution in [0.25, 0.3) is 4.83 Å². The van der Waals surface area contributed by atoms with Gasteiger partial charge in [0.05, 0.1) is 23.3 Å². The quantitative estimate of drug-likeness (QED) is 0.193. The van der Waals surface area contributed by atoms with Crippen LogP contribution in [-0.4, -0.2) is 54.1 Å². The molecular formula is C24H24N4O6S2. The SMILES string of the molecule is C[C@@H](O)[C@]1(C)C(SCCc2ncc3sccn23)=C(C(=O)OCc2ccc([N+](=O)[O-])cc2)N2C(=O)C[C@H]21. The summed E-state index contributed by atoms with van der Waals surface area (Å²) in [6.07, 6.45) is 3.88. The number of aromatic nitrogens is 2. The second-order valence-corrected chi connectivity index (χ2v) is 11.0. The number of β-lactam (4-membered cyclic amide) rings is 1. The van der Waals surface area contributed by atoms with Crippen molar-refractivity contribution in [3.63, 3.8) is 0 Å². The van der Waals surface area contributed by atoms with Gasteiger partial charge in [-0.3, -0.25) is 19.3 Å². The van der Waals surface area contributed by atoms with Crippen LogP contribution in [0, 0.1) is 15.5 Å². The number of aliphatic hydroxyl groups is 1. The van der Waals surface area contributed by atoms with Gasteiger partial charge >= 0.3 is 5.97 Å². The number of hydrogen-bond acceptors (Lipinski definition) is 9. The monoisotopic (exact) mass is 528 g/mol. The molecule has 1 amide bonds. The molecule has 0 unspecified atom stereocenters. The van der Waals surface area contributed by atoms with Crippen LogP contribution in [0.4, 0.5) is 5.69 Å². The maximum atomic E-state index is 13.3. The molecule has 2 aromatic heterocycles. The first-order valence-corrected chi connectivity index (χ1v) is 13.3. The van der Waals surface area contributed by atoms with Gasteiger partial charge in [-0.1, -0.05) is 6.92 Å². The number of carbonyl (C=O) groups is 2. The Balaban J connectivity index is 1.38. The molecule has 4 heterocycles. The summed E-state index contributed by atoms with van der Waals surface area (Å²) >= 11 is 3.04. The number of thioether (sulfide) groups is 1. The molecule has 188 valence electrons. The summed E-state index contributed by atoms with van der Waals surface area (Å²) in [4.78, 5) is 43.8. The fraction of sp³-hybridized carbons (Fsp3) is 0.375. The summed E-state index contributed by atoms with van der Waals surface area (Å²) in [6.45, 7) is 3.46. The molecule has 1 saturated heterocycles. The Morgan fingerprint density at radius 3 is 2.83 bits per heavy atom. The number of rotatable bonds is 9. The van der Waals surface area contributed by atoms with Crippen molar-refractivity contribution in [1.82, 2.24) is 14.3 Å². The Bertz CT molecular complexity index is 1380. The average molecular weight is 529 g/mol. The molecular weight excluding hydrogens is 504 g/mol. The van der Waals surface area contributed by atoms with E-state index in [2.05, 4.69) is 4.98 Å². The van der Waals surface area contributed by atoms with Crippen molar-refractivity contribution in [2.45, 2.75) is 45.4 Å². The first-order chi connectivity index (χ1) is 17.2. The lowest BCUT2D eigenvalue weighted by atomic mass is 9.74. The van der Waals surface area contributed by atoms with E-state index in [1.54, 1.807) is 18.3 Å². The average Bonchev–Trinajstić information content (AvgIpc) is 3.51. The van der Waals surface area contributed by atoms with Gasteiger partial charge in [0.15, 0.2) is 0 Å². The minimum Gasteiger partial charge on any atom is -0.456 e. The van der Waals surface area contributed by atoms with Gasteiger partial charge < -0.3 is 14.7 Å². The number of hydrogen-bond donors (Lipinski definition) is 1. The Hall–Kier alpha value is -3.22. The Morgan fingerprint density at radius 1 is 1.42 bits per heavy atom. The van der Waals surface area contributed by atoms with Crippen molar-refractivity contribution < 1.29 is 24.4 Å². The third-order valence-electron chi connectivity index (χ3n) is 6.97. The van der Waals surface area contributed by atoms with E-state index in [1.807, 2.05) is 29.1 Å². The van der Waals surface area contributed by atoms with Gasteiger partial charge in [0, 0.05) is 52.6 Å². The fourth-order valence-corrected chi connectivity index (χ4v) is 6.87. The molecule has 1 aromatic carbocycles. The molecule has 10 nitrogen and oxygen atoms in total. The van der Waals surface area contributed by atoms with Crippen molar-refractivity contribution in [1.29, 1.82) is 0 Å². The van der Waals surface area contributed by atoms with Crippen LogP contribution in [0.3, 0.4) is 0 Å². The number of ether oxygens (including phenoxy) is 1. The van der Waals surface area contributed by atoms with Crippen molar-refractivity contribution >= 4 is 45.5 Å². The van der Waals surface area contributed by atoms with E-state index < -0.39 is 22.4 Å². The number of amides is 1. The van der Waals surface area contributed by atoms with Crippen molar-refractivity contribution in [3.05, 3.63) is 74.1 Å². The number of thiazole rings is 1. The molecule has 1 N–H and O–H groups in total. The van der Waals surface area contributed by atoms with Gasteiger partial charge in [0.1, 0.15) is 23.0 Å². The van der Waals surface area contributed by atoms with E-state index in [0.717, 1.165) is 10.7 Å². The molecule has 0 aliphatic carbocycles. The van der Waals surface area contributed by atoms with Gasteiger partial charge in [0.25, 0.3) is 5.69 Å². The molecule has 5 rings (SSSR count). The molecule has 2 aliphatic heterocycles. The summed E-state index contributed by atoms with van der Waals surface area (Å²) in [5.74, 6) is 0.663. The lowest BCUT2D eigenvalue weighted by Gasteiger charge is -2.45. The van der Waals surface area contributed by atoms with Crippen molar-refractivity contribution in [2.75, 3.05) is 5.75 Å². The Labute approximate surface area is 214 Å². The highest BCUT2D eigenvalue weighted by atomic mass is 32.2. The fourth-order valence-electron chi connectivity index (χ4n) is 4.73. The number of nitro benzene ring substituents is 1. The van der Waals surface area contributed by atoms with Crippen LogP contribution >= 0.6 is 23.1 Å². The lowest BCUT2D eigenvalue weighted by Crippen LogP contribution is -2.57. The minimum atomic E-state index is -0.801. The molecule has 0 saturated carbocycles. The smallest absolute Gasteiger partial charge is 0.356 e.